The van der Waals surface area contributed by atoms with Gasteiger partial charge in [0, 0.05) is 26.2 Å². The number of ether oxygens (including phenoxy) is 1. The van der Waals surface area contributed by atoms with Gasteiger partial charge in [0.2, 0.25) is 0 Å². The third-order valence-electron chi connectivity index (χ3n) is 3.80. The number of aliphatic hydroxyl groups is 1. The van der Waals surface area contributed by atoms with Gasteiger partial charge in [-0.3, -0.25) is 4.90 Å². The number of hydrogen-bond donors (Lipinski definition) is 2. The molecule has 1 aliphatic rings. The van der Waals surface area contributed by atoms with E-state index in [9.17, 15) is 5.11 Å². The number of hydrogen-bond acceptors (Lipinski definition) is 5. The molecule has 3 N–H and O–H groups in total. The van der Waals surface area contributed by atoms with Crippen LogP contribution in [-0.4, -0.2) is 54.6 Å². The molecule has 1 heterocycles. The van der Waals surface area contributed by atoms with E-state index in [-0.39, 0.29) is 12.3 Å². The fourth-order valence-corrected chi connectivity index (χ4v) is 2.64. The first kappa shape index (κ1) is 16.1. The number of piperazine rings is 1. The predicted molar refractivity (Wildman–Crippen MR) is 85.6 cm³/mol. The Bertz CT molecular complexity index is 443. The minimum atomic E-state index is -0.506. The van der Waals surface area contributed by atoms with Gasteiger partial charge in [-0.05, 0) is 32.9 Å². The second-order valence-electron chi connectivity index (χ2n) is 5.89. The van der Waals surface area contributed by atoms with Gasteiger partial charge in [0.25, 0.3) is 0 Å². The summed E-state index contributed by atoms with van der Waals surface area (Å²) in [6, 6.07) is 8.16. The highest BCUT2D eigenvalue weighted by atomic mass is 16.5. The minimum Gasteiger partial charge on any atom is -0.489 e. The van der Waals surface area contributed by atoms with Gasteiger partial charge in [-0.2, -0.15) is 0 Å². The molecule has 0 amide bonds. The first-order valence-corrected chi connectivity index (χ1v) is 7.67. The van der Waals surface area contributed by atoms with E-state index in [0.29, 0.717) is 0 Å². The van der Waals surface area contributed by atoms with Crippen molar-refractivity contribution < 1.29 is 9.84 Å². The second-order valence-corrected chi connectivity index (χ2v) is 5.89. The van der Waals surface area contributed by atoms with Gasteiger partial charge in [-0.15, -0.1) is 0 Å². The summed E-state index contributed by atoms with van der Waals surface area (Å²) in [7, 11) is 0. The Labute approximate surface area is 127 Å². The monoisotopic (exact) mass is 293 g/mol. The first-order chi connectivity index (χ1) is 9.99. The minimum absolute atomic E-state index is 0.163. The zero-order valence-electron chi connectivity index (χ0n) is 13.2. The summed E-state index contributed by atoms with van der Waals surface area (Å²) < 4.78 is 5.89. The molecule has 2 atom stereocenters. The lowest BCUT2D eigenvalue weighted by Gasteiger charge is -2.40. The molecule has 0 aliphatic carbocycles. The van der Waals surface area contributed by atoms with Crippen molar-refractivity contribution in [2.75, 3.05) is 31.1 Å². The summed E-state index contributed by atoms with van der Waals surface area (Å²) in [4.78, 5) is 4.45. The predicted octanol–water partition coefficient (Wildman–Crippen LogP) is 1.26. The molecule has 0 radical (unpaired) electrons. The molecule has 0 saturated carbocycles. The largest absolute Gasteiger partial charge is 0.489 e. The van der Waals surface area contributed by atoms with E-state index in [1.807, 2.05) is 32.0 Å². The molecule has 1 aliphatic heterocycles. The average Bonchev–Trinajstić information content (AvgIpc) is 2.46. The van der Waals surface area contributed by atoms with Crippen molar-refractivity contribution in [1.82, 2.24) is 4.90 Å². The molecule has 2 unspecified atom stereocenters. The lowest BCUT2D eigenvalue weighted by Crippen LogP contribution is -2.56. The molecular weight excluding hydrogens is 266 g/mol. The van der Waals surface area contributed by atoms with E-state index in [0.717, 1.165) is 37.6 Å². The van der Waals surface area contributed by atoms with E-state index < -0.39 is 6.10 Å². The highest BCUT2D eigenvalue weighted by Crippen LogP contribution is 2.29. The van der Waals surface area contributed by atoms with Gasteiger partial charge in [0.1, 0.15) is 5.75 Å². The molecule has 1 aromatic carbocycles. The Morgan fingerprint density at radius 2 is 1.71 bits per heavy atom. The van der Waals surface area contributed by atoms with Crippen LogP contribution in [0.4, 0.5) is 5.69 Å². The maximum Gasteiger partial charge on any atom is 0.142 e. The fraction of sp³-hybridized carbons (Fsp3) is 0.625. The topological polar surface area (TPSA) is 62.0 Å². The maximum atomic E-state index is 9.60. The van der Waals surface area contributed by atoms with Crippen LogP contribution in [0.3, 0.4) is 0 Å². The molecule has 21 heavy (non-hydrogen) atoms. The zero-order chi connectivity index (χ0) is 15.4. The Morgan fingerprint density at radius 1 is 1.10 bits per heavy atom. The maximum absolute atomic E-state index is 9.60. The molecular formula is C16H27N3O2. The van der Waals surface area contributed by atoms with E-state index in [1.165, 1.54) is 0 Å². The normalized spacial score (nSPS) is 19.6. The van der Waals surface area contributed by atoms with E-state index in [1.54, 1.807) is 6.92 Å². The summed E-state index contributed by atoms with van der Waals surface area (Å²) in [5.41, 5.74) is 7.14. The Morgan fingerprint density at radius 3 is 2.29 bits per heavy atom. The van der Waals surface area contributed by atoms with Crippen LogP contribution < -0.4 is 15.4 Å². The second kappa shape index (κ2) is 7.11. The van der Waals surface area contributed by atoms with Crippen LogP contribution in [0.2, 0.25) is 0 Å². The summed E-state index contributed by atoms with van der Waals surface area (Å²) in [6.07, 6.45) is -0.626. The van der Waals surface area contributed by atoms with Gasteiger partial charge >= 0.3 is 0 Å². The highest BCUT2D eigenvalue weighted by molar-refractivity contribution is 5.58. The van der Waals surface area contributed by atoms with Gasteiger partial charge in [-0.1, -0.05) is 12.1 Å². The summed E-state index contributed by atoms with van der Waals surface area (Å²) in [5, 5.41) is 9.60. The van der Waals surface area contributed by atoms with Crippen molar-refractivity contribution in [1.29, 1.82) is 0 Å². The highest BCUT2D eigenvalue weighted by Gasteiger charge is 2.25. The summed E-state index contributed by atoms with van der Waals surface area (Å²) in [5.74, 6) is 0.931. The molecule has 1 saturated heterocycles. The lowest BCUT2D eigenvalue weighted by atomic mass is 10.2. The van der Waals surface area contributed by atoms with Crippen molar-refractivity contribution in [2.45, 2.75) is 39.1 Å². The van der Waals surface area contributed by atoms with Crippen LogP contribution in [0, 0.1) is 0 Å². The number of aliphatic hydroxyl groups excluding tert-OH is 1. The first-order valence-electron chi connectivity index (χ1n) is 7.67. The van der Waals surface area contributed by atoms with Crippen LogP contribution in [0.15, 0.2) is 24.3 Å². The van der Waals surface area contributed by atoms with Crippen molar-refractivity contribution in [2.24, 2.45) is 5.73 Å². The van der Waals surface area contributed by atoms with Crippen LogP contribution in [0.25, 0.3) is 0 Å². The summed E-state index contributed by atoms with van der Waals surface area (Å²) in [6.45, 7) is 9.29. The summed E-state index contributed by atoms with van der Waals surface area (Å²) >= 11 is 0. The zero-order valence-corrected chi connectivity index (χ0v) is 13.2. The quantitative estimate of drug-likeness (QED) is 0.856. The number of anilines is 1. The van der Waals surface area contributed by atoms with Crippen LogP contribution in [-0.2, 0) is 0 Å². The Hall–Kier alpha value is -1.30. The van der Waals surface area contributed by atoms with Gasteiger partial charge in [0.15, 0.2) is 0 Å². The Kier molecular flexibility index (Phi) is 5.45. The fourth-order valence-electron chi connectivity index (χ4n) is 2.64. The van der Waals surface area contributed by atoms with Gasteiger partial charge in [-0.25, -0.2) is 0 Å². The third-order valence-corrected chi connectivity index (χ3v) is 3.80. The lowest BCUT2D eigenvalue weighted by molar-refractivity contribution is 0.0604. The van der Waals surface area contributed by atoms with Gasteiger partial charge in [0.05, 0.1) is 24.1 Å². The smallest absolute Gasteiger partial charge is 0.142 e. The number of nitrogens with two attached hydrogens (primary N) is 1. The van der Waals surface area contributed by atoms with Crippen molar-refractivity contribution in [3.8, 4) is 5.75 Å². The van der Waals surface area contributed by atoms with E-state index >= 15 is 0 Å². The van der Waals surface area contributed by atoms with Crippen LogP contribution in [0.5, 0.6) is 5.75 Å². The van der Waals surface area contributed by atoms with E-state index in [4.69, 9.17) is 10.5 Å². The van der Waals surface area contributed by atoms with E-state index in [2.05, 4.69) is 15.9 Å². The third kappa shape index (κ3) is 4.09. The molecule has 0 bridgehead atoms. The number of benzene rings is 1. The van der Waals surface area contributed by atoms with Crippen molar-refractivity contribution in [3.63, 3.8) is 0 Å². The number of rotatable bonds is 5. The Balaban J connectivity index is 2.02. The van der Waals surface area contributed by atoms with Crippen molar-refractivity contribution >= 4 is 5.69 Å². The standard InChI is InChI=1S/C16H27N3O2/c1-12(2)21-15-7-5-4-6-14(15)18-8-10-19(11-9-18)16(17)13(3)20/h4-7,12-13,16,20H,8-11,17H2,1-3H3. The molecule has 1 fully saturated rings. The van der Waals surface area contributed by atoms with Gasteiger partial charge < -0.3 is 20.5 Å². The number of nitrogens with zero attached hydrogens (tertiary/aromatic N) is 2. The SMILES string of the molecule is CC(C)Oc1ccccc1N1CCN(C(N)C(C)O)CC1. The molecule has 5 heteroatoms. The molecule has 0 spiro atoms. The van der Waals surface area contributed by atoms with Crippen LogP contribution in [0.1, 0.15) is 20.8 Å². The molecule has 0 aromatic heterocycles. The molecule has 1 aromatic rings. The molecule has 118 valence electrons. The molecule has 2 rings (SSSR count). The van der Waals surface area contributed by atoms with Crippen LogP contribution >= 0.6 is 0 Å². The average molecular weight is 293 g/mol. The van der Waals surface area contributed by atoms with Crippen molar-refractivity contribution in [3.05, 3.63) is 24.3 Å². The molecule has 5 nitrogen and oxygen atoms in total. The number of para-hydroxylation sites is 2.